The summed E-state index contributed by atoms with van der Waals surface area (Å²) < 4.78 is 17.5. The Kier molecular flexibility index (Phi) is 38.9. The van der Waals surface area contributed by atoms with Gasteiger partial charge >= 0.3 is 0 Å². The summed E-state index contributed by atoms with van der Waals surface area (Å²) in [5, 5.41) is 0.961. The minimum atomic E-state index is 0.168. The number of aromatic nitrogens is 1. The number of H-pyrrole nitrogens is 1. The van der Waals surface area contributed by atoms with E-state index in [0.717, 1.165) is 70.0 Å². The Morgan fingerprint density at radius 1 is 0.261 bits per heavy atom. The van der Waals surface area contributed by atoms with E-state index in [9.17, 15) is 0 Å². The Balaban J connectivity index is 0.000000267. The summed E-state index contributed by atoms with van der Waals surface area (Å²) in [6.45, 7) is 126. The molecule has 0 aromatic carbocycles. The first-order valence-corrected chi connectivity index (χ1v) is 53.4. The first-order valence-electron chi connectivity index (χ1n) is 53.0. The number of aliphatic imine (C=N–C) groups is 2. The molecule has 8 aliphatic carbocycles. The van der Waals surface area contributed by atoms with Crippen molar-refractivity contribution in [2.75, 3.05) is 13.2 Å². The van der Waals surface area contributed by atoms with E-state index in [-0.39, 0.29) is 54.1 Å². The summed E-state index contributed by atoms with van der Waals surface area (Å²) in [6, 6.07) is 0. The van der Waals surface area contributed by atoms with Crippen LogP contribution in [0.5, 0.6) is 0 Å². The predicted molar refractivity (Wildman–Crippen MR) is 595 cm³/mol. The van der Waals surface area contributed by atoms with Crippen molar-refractivity contribution >= 4 is 23.0 Å². The quantitative estimate of drug-likeness (QED) is 0.281. The van der Waals surface area contributed by atoms with Gasteiger partial charge in [0.05, 0.1) is 26.4 Å². The molecule has 0 radical (unpaired) electrons. The van der Waals surface area contributed by atoms with Crippen molar-refractivity contribution in [3.05, 3.63) is 181 Å². The highest BCUT2D eigenvalue weighted by molar-refractivity contribution is 6.32. The lowest BCUT2D eigenvalue weighted by Crippen LogP contribution is -2.20. The fourth-order valence-corrected chi connectivity index (χ4v) is 20.7. The molecular weight excluding hydrogens is 1650 g/mol. The molecule has 0 spiro atoms. The molecule has 13 aliphatic rings. The van der Waals surface area contributed by atoms with Crippen LogP contribution in [-0.4, -0.2) is 29.6 Å². The second kappa shape index (κ2) is 43.7. The zero-order valence-corrected chi connectivity index (χ0v) is 99.2. The van der Waals surface area contributed by atoms with Gasteiger partial charge in [-0.2, -0.15) is 0 Å². The molecule has 4 fully saturated rings. The Labute approximate surface area is 835 Å². The van der Waals surface area contributed by atoms with Gasteiger partial charge in [0.15, 0.2) is 0 Å². The molecule has 6 heterocycles. The number of halogens is 1. The molecular formula is C127H212ClN3O3. The maximum Gasteiger partial charge on any atom is 0.122 e. The predicted octanol–water partition coefficient (Wildman–Crippen LogP) is 40.7. The molecule has 1 aromatic rings. The fourth-order valence-electron chi connectivity index (χ4n) is 20.2. The highest BCUT2D eigenvalue weighted by Gasteiger charge is 2.44. The zero-order valence-electron chi connectivity index (χ0n) is 98.4. The third-order valence-electron chi connectivity index (χ3n) is 29.3. The van der Waals surface area contributed by atoms with Gasteiger partial charge in [0.2, 0.25) is 0 Å². The van der Waals surface area contributed by atoms with Gasteiger partial charge in [0, 0.05) is 86.9 Å². The summed E-state index contributed by atoms with van der Waals surface area (Å²) in [7, 11) is 0. The van der Waals surface area contributed by atoms with E-state index >= 15 is 0 Å². The van der Waals surface area contributed by atoms with Gasteiger partial charge < -0.3 is 19.2 Å². The van der Waals surface area contributed by atoms with Crippen molar-refractivity contribution in [2.45, 2.75) is 514 Å². The summed E-state index contributed by atoms with van der Waals surface area (Å²) >= 11 is 6.27. The molecule has 14 rings (SSSR count). The molecule has 5 aliphatic heterocycles. The average Bonchev–Trinajstić information content (AvgIpc) is 1.69. The monoisotopic (exact) mass is 1860 g/mol. The van der Waals surface area contributed by atoms with Crippen molar-refractivity contribution in [3.8, 4) is 0 Å². The average molecular weight is 1860 g/mol. The van der Waals surface area contributed by atoms with E-state index in [1.165, 1.54) is 167 Å². The molecule has 0 amide bonds. The number of nitrogens with one attached hydrogen (secondary N) is 1. The van der Waals surface area contributed by atoms with Crippen LogP contribution in [0.15, 0.2) is 169 Å². The van der Waals surface area contributed by atoms with Gasteiger partial charge in [0.1, 0.15) is 11.5 Å². The lowest BCUT2D eigenvalue weighted by Gasteiger charge is -2.26. The van der Waals surface area contributed by atoms with E-state index in [4.69, 9.17) is 25.8 Å². The molecule has 6 nitrogen and oxygen atoms in total. The molecule has 0 unspecified atom stereocenters. The summed E-state index contributed by atoms with van der Waals surface area (Å²) in [4.78, 5) is 12.4. The molecule has 760 valence electrons. The van der Waals surface area contributed by atoms with Gasteiger partial charge in [-0.15, -0.1) is 0 Å². The maximum atomic E-state index is 6.27. The molecule has 134 heavy (non-hydrogen) atoms. The van der Waals surface area contributed by atoms with Crippen LogP contribution in [0, 0.1) is 81.2 Å². The van der Waals surface area contributed by atoms with E-state index in [1.54, 1.807) is 66.9 Å². The number of nitrogens with zero attached hydrogens (tertiary/aromatic N) is 2. The Morgan fingerprint density at radius 3 is 0.813 bits per heavy atom. The van der Waals surface area contributed by atoms with Crippen LogP contribution in [0.1, 0.15) is 512 Å². The lowest BCUT2D eigenvalue weighted by atomic mass is 9.78. The molecule has 1 N–H and O–H groups in total. The normalized spacial score (nSPS) is 19.8. The minimum Gasteiger partial charge on any atom is -0.493 e. The number of allylic oxidation sites excluding steroid dienone is 24. The smallest absolute Gasteiger partial charge is 0.122 e. The minimum absolute atomic E-state index is 0.168. The number of hydrogen-bond acceptors (Lipinski definition) is 5. The summed E-state index contributed by atoms with van der Waals surface area (Å²) in [5.74, 6) is 2.48. The van der Waals surface area contributed by atoms with Gasteiger partial charge in [-0.1, -0.05) is 441 Å². The van der Waals surface area contributed by atoms with Gasteiger partial charge in [-0.25, -0.2) is 0 Å². The largest absolute Gasteiger partial charge is 0.493 e. The molecule has 1 aromatic heterocycles. The molecule has 0 atom stereocenters. The topological polar surface area (TPSA) is 68.2 Å². The molecule has 2 saturated heterocycles. The van der Waals surface area contributed by atoms with E-state index in [1.807, 2.05) is 20.0 Å². The van der Waals surface area contributed by atoms with Gasteiger partial charge in [-0.05, 0) is 246 Å². The summed E-state index contributed by atoms with van der Waals surface area (Å²) in [5.41, 5.74) is 44.8. The zero-order chi connectivity index (χ0) is 104. The van der Waals surface area contributed by atoms with Gasteiger partial charge in [-0.3, -0.25) is 9.98 Å². The van der Waals surface area contributed by atoms with Gasteiger partial charge in [0.25, 0.3) is 0 Å². The number of ether oxygens (including phenoxy) is 3. The SMILES string of the molecule is CC.CC(C)(C)C1=C2CCCC2=C(C(C)(C)C)C1.CC(C)(C)C1=C2CCCCC2=C(C(C)(C)C)C1.CC(C)(C)C1=C2CCCOC2=C(C(C)(C)C)C1.CC(C)(C)C1=C2CCOC2=C(C(C)(C)C)C1.CC(C)(C)C1=CC(Cl)=C(C(C)(C)C)C1.CC(C)(C)C1=CC=C(C(C)(C)C)C1.CC(C)(C)C1=CN=C(C(C)(C)C)C1.CC(C)(C)c1[nH]c(C(C)(C)C)c2c1COC2.CC1=NC=C(C(C)(C)C)C1. The van der Waals surface area contributed by atoms with Crippen LogP contribution in [0.3, 0.4) is 0 Å². The summed E-state index contributed by atoms with van der Waals surface area (Å²) in [6.07, 6.45) is 32.9. The number of aromatic amines is 1. The Hall–Kier alpha value is -5.17. The number of fused-ring (bicyclic) bond motifs is 5. The molecule has 2 saturated carbocycles. The van der Waals surface area contributed by atoms with Crippen LogP contribution in [-0.2, 0) is 38.3 Å². The highest BCUT2D eigenvalue weighted by Crippen LogP contribution is 2.58. The van der Waals surface area contributed by atoms with E-state index < -0.39 is 0 Å². The first kappa shape index (κ1) is 119. The fraction of sp³-hybridized carbons (Fsp3) is 0.732. The third-order valence-corrected chi connectivity index (χ3v) is 29.6. The Morgan fingerprint density at radius 2 is 0.552 bits per heavy atom. The number of rotatable bonds is 0. The van der Waals surface area contributed by atoms with Crippen LogP contribution in [0.4, 0.5) is 0 Å². The first-order chi connectivity index (χ1) is 60.1. The van der Waals surface area contributed by atoms with Crippen molar-refractivity contribution in [1.82, 2.24) is 4.98 Å². The van der Waals surface area contributed by atoms with Crippen LogP contribution >= 0.6 is 11.6 Å². The van der Waals surface area contributed by atoms with Crippen molar-refractivity contribution in [1.29, 1.82) is 0 Å². The maximum absolute atomic E-state index is 6.27. The van der Waals surface area contributed by atoms with Crippen LogP contribution < -0.4 is 0 Å². The van der Waals surface area contributed by atoms with Crippen molar-refractivity contribution in [2.24, 2.45) is 91.2 Å². The third kappa shape index (κ3) is 32.7. The lowest BCUT2D eigenvalue weighted by molar-refractivity contribution is 0.132. The highest BCUT2D eigenvalue weighted by atomic mass is 35.5. The second-order valence-corrected chi connectivity index (χ2v) is 59.0. The second-order valence-electron chi connectivity index (χ2n) is 58.6. The molecule has 0 bridgehead atoms. The standard InChI is InChI=1S/C17H28.C16H26O.C16H26.C15H24O.C14H23NO.C13H21Cl.C13H22.C12H21N.C9H15N.C2H6/c1-16(2,3)14-11-15(17(4,5)6)13-10-8-7-9-12(13)14;1-15(2,3)12-10-13(16(4,5)6)14-11(12)8-7-9-17-14;1-15(2,3)13-10-14(16(4,5)6)12-9-7-8-11(12)13;1-14(2,3)11-9-12(15(4,5)6)13-10(11)7-8-16-13;1-13(2,3)11-9-7-16-8-10(9)12(15-11)14(4,5)6;1-12(2,3)9-7-10(11(14)8-9)13(4,5)6;1-12(2,3)10-7-8-11(9-10)13(4,5)6;1-11(2,3)9-7-10(13-8-9)12(4,5)6;1-7-5-8(6-10-7)9(2,3)4;1-2/h7-11H2,1-6H3;7-10H2,1-6H3;7-10H2,1-6H3;7-9H2,1-6H3;15H,7-8H2,1-6H3;8H,7H2,1-6H3;7-8H,9H2,1-6H3;8H,7H2,1-6H3;6H,5H2,1-4H3;1-2H3. The molecule has 7 heteroatoms. The van der Waals surface area contributed by atoms with E-state index in [2.05, 4.69) is 399 Å². The van der Waals surface area contributed by atoms with Crippen LogP contribution in [0.25, 0.3) is 0 Å². The Bertz CT molecular complexity index is 4380. The number of hydrogen-bond donors (Lipinski definition) is 1. The van der Waals surface area contributed by atoms with Crippen molar-refractivity contribution < 1.29 is 14.2 Å². The van der Waals surface area contributed by atoms with Crippen molar-refractivity contribution in [3.63, 3.8) is 0 Å². The van der Waals surface area contributed by atoms with E-state index in [0.29, 0.717) is 37.9 Å². The van der Waals surface area contributed by atoms with Crippen LogP contribution in [0.2, 0.25) is 0 Å².